The van der Waals surface area contributed by atoms with Gasteiger partial charge in [-0.1, -0.05) is 17.8 Å². The summed E-state index contributed by atoms with van der Waals surface area (Å²) in [6.07, 6.45) is 9.54. The van der Waals surface area contributed by atoms with Crippen molar-refractivity contribution >= 4 is 11.6 Å². The van der Waals surface area contributed by atoms with Gasteiger partial charge in [-0.25, -0.2) is 9.37 Å². The summed E-state index contributed by atoms with van der Waals surface area (Å²) in [6.45, 7) is 7.20. The summed E-state index contributed by atoms with van der Waals surface area (Å²) >= 11 is 0. The fourth-order valence-corrected chi connectivity index (χ4v) is 6.31. The fourth-order valence-electron chi connectivity index (χ4n) is 6.31. The third kappa shape index (κ3) is 5.23. The number of fused-ring (bicyclic) bond motifs is 3. The molecule has 4 fully saturated rings. The number of aromatic nitrogens is 3. The average molecular weight is 549 g/mol. The first kappa shape index (κ1) is 26.9. The Bertz CT molecular complexity index is 1390. The minimum atomic E-state index is -1.13. The van der Waals surface area contributed by atoms with Gasteiger partial charge in [-0.15, -0.1) is 0 Å². The largest absolute Gasteiger partial charge is 0.444 e. The van der Waals surface area contributed by atoms with Crippen LogP contribution in [0.25, 0.3) is 11.5 Å². The second-order valence-electron chi connectivity index (χ2n) is 12.7. The molecule has 4 aliphatic rings. The second-order valence-corrected chi connectivity index (χ2v) is 12.7. The van der Waals surface area contributed by atoms with Crippen LogP contribution in [0.4, 0.5) is 10.1 Å². The van der Waals surface area contributed by atoms with E-state index in [1.54, 1.807) is 13.8 Å². The standard InChI is InChI=1S/C31H37FN4O4/c1-20(32)7-10-25(37)36(23-6-4-5-22(17-23)27-33-24(18-39-27)29(2,3)38)19-30-11-14-31(15-12-30,16-13-30)28-34-26(35-40-28)21-8-9-21/h4-6,17-18,21,38H,1,7-16,19H2,2-3H3. The van der Waals surface area contributed by atoms with Crippen molar-refractivity contribution in [3.05, 3.63) is 60.3 Å². The third-order valence-corrected chi connectivity index (χ3v) is 9.18. The lowest BCUT2D eigenvalue weighted by Crippen LogP contribution is -2.50. The topological polar surface area (TPSA) is 105 Å². The molecule has 2 heterocycles. The van der Waals surface area contributed by atoms with Crippen LogP contribution in [0.15, 0.2) is 51.9 Å². The summed E-state index contributed by atoms with van der Waals surface area (Å²) in [4.78, 5) is 24.6. The van der Waals surface area contributed by atoms with E-state index in [2.05, 4.69) is 16.7 Å². The highest BCUT2D eigenvalue weighted by Crippen LogP contribution is 2.58. The van der Waals surface area contributed by atoms with Crippen molar-refractivity contribution in [3.8, 4) is 11.5 Å². The zero-order valence-electron chi connectivity index (χ0n) is 23.3. The van der Waals surface area contributed by atoms with Gasteiger partial charge in [0.2, 0.25) is 17.7 Å². The summed E-state index contributed by atoms with van der Waals surface area (Å²) in [6, 6.07) is 7.51. The summed E-state index contributed by atoms with van der Waals surface area (Å²) in [5.74, 6) is 1.85. The molecule has 4 saturated carbocycles. The van der Waals surface area contributed by atoms with E-state index < -0.39 is 11.4 Å². The van der Waals surface area contributed by atoms with E-state index >= 15 is 0 Å². The van der Waals surface area contributed by atoms with Gasteiger partial charge in [0, 0.05) is 42.0 Å². The molecular weight excluding hydrogens is 511 g/mol. The van der Waals surface area contributed by atoms with Crippen LogP contribution in [0.3, 0.4) is 0 Å². The van der Waals surface area contributed by atoms with E-state index in [4.69, 9.17) is 13.9 Å². The number of amides is 1. The molecule has 9 heteroatoms. The van der Waals surface area contributed by atoms with Gasteiger partial charge >= 0.3 is 0 Å². The minimum absolute atomic E-state index is 0.000305. The molecule has 2 aromatic heterocycles. The highest BCUT2D eigenvalue weighted by molar-refractivity contribution is 5.94. The molecule has 2 bridgehead atoms. The average Bonchev–Trinajstić information content (AvgIpc) is 3.44. The second kappa shape index (κ2) is 9.94. The van der Waals surface area contributed by atoms with Crippen molar-refractivity contribution in [1.82, 2.24) is 15.1 Å². The number of anilines is 1. The van der Waals surface area contributed by atoms with Crippen molar-refractivity contribution < 1.29 is 23.2 Å². The lowest BCUT2D eigenvalue weighted by Gasteiger charge is -2.53. The van der Waals surface area contributed by atoms with Gasteiger partial charge in [0.25, 0.3) is 0 Å². The Morgan fingerprint density at radius 2 is 1.88 bits per heavy atom. The van der Waals surface area contributed by atoms with E-state index in [0.717, 1.165) is 68.8 Å². The first-order chi connectivity index (χ1) is 19.1. The van der Waals surface area contributed by atoms with Crippen LogP contribution in [-0.2, 0) is 15.8 Å². The van der Waals surface area contributed by atoms with E-state index in [-0.39, 0.29) is 29.6 Å². The molecule has 1 aromatic carbocycles. The number of allylic oxidation sites excluding steroid dienone is 1. The molecule has 0 radical (unpaired) electrons. The third-order valence-electron chi connectivity index (χ3n) is 9.18. The predicted octanol–water partition coefficient (Wildman–Crippen LogP) is 6.72. The van der Waals surface area contributed by atoms with Crippen LogP contribution in [0.2, 0.25) is 0 Å². The van der Waals surface area contributed by atoms with Gasteiger partial charge in [-0.05, 0) is 88.8 Å². The first-order valence-electron chi connectivity index (χ1n) is 14.3. The van der Waals surface area contributed by atoms with Crippen LogP contribution in [0, 0.1) is 5.41 Å². The molecule has 0 aliphatic heterocycles. The number of hydrogen-bond acceptors (Lipinski definition) is 7. The number of carbonyl (C=O) groups is 1. The van der Waals surface area contributed by atoms with E-state index in [9.17, 15) is 14.3 Å². The molecule has 1 amide bonds. The lowest BCUT2D eigenvalue weighted by molar-refractivity contribution is -0.119. The SMILES string of the molecule is C=C(F)CCC(=O)N(CC12CCC(c3nc(C4CC4)no3)(CC1)CC2)c1cccc(-c2nc(C(C)(C)O)co2)c1. The Labute approximate surface area is 233 Å². The van der Waals surface area contributed by atoms with E-state index in [0.29, 0.717) is 29.6 Å². The molecule has 0 atom stereocenters. The zero-order chi connectivity index (χ0) is 28.1. The zero-order valence-corrected chi connectivity index (χ0v) is 23.3. The molecular formula is C31H37FN4O4. The Morgan fingerprint density at radius 1 is 1.15 bits per heavy atom. The summed E-state index contributed by atoms with van der Waals surface area (Å²) in [5, 5.41) is 14.6. The van der Waals surface area contributed by atoms with E-state index in [1.165, 1.54) is 6.26 Å². The van der Waals surface area contributed by atoms with Crippen molar-refractivity contribution in [2.75, 3.05) is 11.4 Å². The Hall–Kier alpha value is -3.33. The number of hydrogen-bond donors (Lipinski definition) is 1. The van der Waals surface area contributed by atoms with Crippen molar-refractivity contribution in [1.29, 1.82) is 0 Å². The Balaban J connectivity index is 1.24. The minimum Gasteiger partial charge on any atom is -0.444 e. The highest BCUT2D eigenvalue weighted by Gasteiger charge is 2.53. The molecule has 4 aliphatic carbocycles. The van der Waals surface area contributed by atoms with Crippen molar-refractivity contribution in [2.24, 2.45) is 5.41 Å². The molecule has 7 rings (SSSR count). The molecule has 1 N–H and O–H groups in total. The quantitative estimate of drug-likeness (QED) is 0.300. The molecule has 0 unspecified atom stereocenters. The summed E-state index contributed by atoms with van der Waals surface area (Å²) < 4.78 is 25.0. The lowest BCUT2D eigenvalue weighted by atomic mass is 9.53. The van der Waals surface area contributed by atoms with Gasteiger partial charge in [-0.3, -0.25) is 4.79 Å². The maximum Gasteiger partial charge on any atom is 0.232 e. The molecule has 212 valence electrons. The fraction of sp³-hybridized carbons (Fsp3) is 0.548. The van der Waals surface area contributed by atoms with Crippen LogP contribution in [-0.4, -0.2) is 32.7 Å². The highest BCUT2D eigenvalue weighted by atomic mass is 19.1. The maximum absolute atomic E-state index is 13.6. The molecule has 0 saturated heterocycles. The van der Waals surface area contributed by atoms with Crippen LogP contribution in [0.1, 0.15) is 101 Å². The Kier molecular flexibility index (Phi) is 6.68. The number of aliphatic hydroxyl groups is 1. The molecule has 40 heavy (non-hydrogen) atoms. The van der Waals surface area contributed by atoms with Crippen molar-refractivity contribution in [2.45, 2.75) is 95.0 Å². The number of benzene rings is 1. The van der Waals surface area contributed by atoms with Crippen molar-refractivity contribution in [3.63, 3.8) is 0 Å². The van der Waals surface area contributed by atoms with Crippen LogP contribution >= 0.6 is 0 Å². The molecule has 3 aromatic rings. The monoisotopic (exact) mass is 548 g/mol. The van der Waals surface area contributed by atoms with Gasteiger partial charge in [-0.2, -0.15) is 4.98 Å². The first-order valence-corrected chi connectivity index (χ1v) is 14.3. The molecule has 0 spiro atoms. The van der Waals surface area contributed by atoms with Gasteiger partial charge < -0.3 is 18.9 Å². The van der Waals surface area contributed by atoms with Gasteiger partial charge in [0.1, 0.15) is 17.6 Å². The number of oxazole rings is 1. The van der Waals surface area contributed by atoms with Crippen LogP contribution in [0.5, 0.6) is 0 Å². The summed E-state index contributed by atoms with van der Waals surface area (Å²) in [7, 11) is 0. The van der Waals surface area contributed by atoms with Gasteiger partial charge in [0.05, 0.1) is 5.83 Å². The van der Waals surface area contributed by atoms with Gasteiger partial charge in [0.15, 0.2) is 5.82 Å². The smallest absolute Gasteiger partial charge is 0.232 e. The molecule has 8 nitrogen and oxygen atoms in total. The maximum atomic E-state index is 13.6. The number of nitrogens with zero attached hydrogens (tertiary/aromatic N) is 4. The predicted molar refractivity (Wildman–Crippen MR) is 147 cm³/mol. The number of carbonyl (C=O) groups excluding carboxylic acids is 1. The summed E-state index contributed by atoms with van der Waals surface area (Å²) in [5.41, 5.74) is 0.625. The van der Waals surface area contributed by atoms with Crippen LogP contribution < -0.4 is 4.90 Å². The Morgan fingerprint density at radius 3 is 2.50 bits per heavy atom. The normalized spacial score (nSPS) is 24.3. The number of rotatable bonds is 10. The van der Waals surface area contributed by atoms with E-state index in [1.807, 2.05) is 29.2 Å². The number of halogens is 1.